The molecule has 0 aliphatic heterocycles. The summed E-state index contributed by atoms with van der Waals surface area (Å²) in [5.74, 6) is -0.500. The second kappa shape index (κ2) is 9.58. The molecule has 0 aliphatic rings. The van der Waals surface area contributed by atoms with E-state index in [-0.39, 0.29) is 23.5 Å². The van der Waals surface area contributed by atoms with Gasteiger partial charge >= 0.3 is 0 Å². The van der Waals surface area contributed by atoms with Crippen LogP contribution < -0.4 is 15.6 Å². The second-order valence-corrected chi connectivity index (χ2v) is 7.40. The predicted molar refractivity (Wildman–Crippen MR) is 119 cm³/mol. The first kappa shape index (κ1) is 22.1. The van der Waals surface area contributed by atoms with Gasteiger partial charge in [-0.25, -0.2) is 9.37 Å². The largest absolute Gasteiger partial charge is 0.481 e. The molecule has 4 aromatic rings. The van der Waals surface area contributed by atoms with E-state index < -0.39 is 18.1 Å². The van der Waals surface area contributed by atoms with Gasteiger partial charge in [-0.2, -0.15) is 0 Å². The standard InChI is InChI=1S/C24H21FN4O4/c1-33-20-7-4-15(10-26-20)11-28-23(31)21-18(13-30)22-19(29-24(21)32)9-16(12-27-22)8-14-2-5-17(25)6-3-14/h2-7,9-10,12,30H,8,11,13H2,1H3,(H,28,31)(H,29,32). The van der Waals surface area contributed by atoms with Gasteiger partial charge < -0.3 is 20.1 Å². The fourth-order valence-corrected chi connectivity index (χ4v) is 3.52. The van der Waals surface area contributed by atoms with Crippen molar-refractivity contribution in [3.63, 3.8) is 0 Å². The topological polar surface area (TPSA) is 117 Å². The molecule has 0 saturated heterocycles. The van der Waals surface area contributed by atoms with E-state index in [1.165, 1.54) is 19.2 Å². The lowest BCUT2D eigenvalue weighted by Crippen LogP contribution is -2.31. The Morgan fingerprint density at radius 1 is 1.09 bits per heavy atom. The quantitative estimate of drug-likeness (QED) is 0.400. The molecule has 1 aromatic carbocycles. The molecule has 0 radical (unpaired) electrons. The van der Waals surface area contributed by atoms with Gasteiger partial charge in [-0.1, -0.05) is 18.2 Å². The fourth-order valence-electron chi connectivity index (χ4n) is 3.52. The van der Waals surface area contributed by atoms with Crippen molar-refractivity contribution in [2.45, 2.75) is 19.6 Å². The van der Waals surface area contributed by atoms with Crippen LogP contribution in [0.4, 0.5) is 4.39 Å². The molecular formula is C24H21FN4O4. The number of halogens is 1. The molecule has 0 atom stereocenters. The highest BCUT2D eigenvalue weighted by atomic mass is 19.1. The molecule has 0 bridgehead atoms. The SMILES string of the molecule is COc1ccc(CNC(=O)c2c(CO)c3ncc(Cc4ccc(F)cc4)cc3[nH]c2=O)cn1. The average molecular weight is 448 g/mol. The number of carbonyl (C=O) groups excluding carboxylic acids is 1. The maximum atomic E-state index is 13.1. The van der Waals surface area contributed by atoms with Crippen LogP contribution in [0.5, 0.6) is 5.88 Å². The van der Waals surface area contributed by atoms with Crippen LogP contribution in [-0.2, 0) is 19.6 Å². The molecule has 0 aliphatic carbocycles. The monoisotopic (exact) mass is 448 g/mol. The van der Waals surface area contributed by atoms with Gasteiger partial charge in [0.25, 0.3) is 11.5 Å². The van der Waals surface area contributed by atoms with Crippen molar-refractivity contribution in [3.8, 4) is 5.88 Å². The van der Waals surface area contributed by atoms with Crippen molar-refractivity contribution < 1.29 is 19.0 Å². The second-order valence-electron chi connectivity index (χ2n) is 7.40. The lowest BCUT2D eigenvalue weighted by Gasteiger charge is -2.11. The Kier molecular flexibility index (Phi) is 6.41. The molecule has 1 amide bonds. The first-order valence-corrected chi connectivity index (χ1v) is 10.1. The molecule has 8 nitrogen and oxygen atoms in total. The third kappa shape index (κ3) is 4.88. The van der Waals surface area contributed by atoms with Crippen LogP contribution >= 0.6 is 0 Å². The number of fused-ring (bicyclic) bond motifs is 1. The number of carbonyl (C=O) groups is 1. The Morgan fingerprint density at radius 2 is 1.82 bits per heavy atom. The van der Waals surface area contributed by atoms with E-state index >= 15 is 0 Å². The van der Waals surface area contributed by atoms with E-state index in [4.69, 9.17) is 4.74 Å². The number of ether oxygens (including phenoxy) is 1. The number of hydrogen-bond acceptors (Lipinski definition) is 6. The zero-order valence-corrected chi connectivity index (χ0v) is 17.8. The van der Waals surface area contributed by atoms with Crippen LogP contribution in [0.1, 0.15) is 32.6 Å². The molecule has 3 aromatic heterocycles. The highest BCUT2D eigenvalue weighted by Crippen LogP contribution is 2.19. The van der Waals surface area contributed by atoms with Gasteiger partial charge in [0.2, 0.25) is 5.88 Å². The molecule has 168 valence electrons. The van der Waals surface area contributed by atoms with Crippen LogP contribution in [-0.4, -0.2) is 33.1 Å². The number of aliphatic hydroxyl groups excluding tert-OH is 1. The number of benzene rings is 1. The van der Waals surface area contributed by atoms with Crippen molar-refractivity contribution in [1.29, 1.82) is 0 Å². The predicted octanol–water partition coefficient (Wildman–Crippen LogP) is 2.48. The van der Waals surface area contributed by atoms with Gasteiger partial charge in [-0.15, -0.1) is 0 Å². The Hall–Kier alpha value is -4.11. The summed E-state index contributed by atoms with van der Waals surface area (Å²) in [5.41, 5.74) is 2.45. The van der Waals surface area contributed by atoms with Crippen molar-refractivity contribution >= 4 is 16.9 Å². The summed E-state index contributed by atoms with van der Waals surface area (Å²) in [4.78, 5) is 36.6. The van der Waals surface area contributed by atoms with Gasteiger partial charge in [0, 0.05) is 30.6 Å². The van der Waals surface area contributed by atoms with Crippen molar-refractivity contribution in [3.05, 3.63) is 98.8 Å². The summed E-state index contributed by atoms with van der Waals surface area (Å²) in [6.45, 7) is -0.389. The molecule has 0 spiro atoms. The van der Waals surface area contributed by atoms with E-state index in [9.17, 15) is 19.1 Å². The number of nitrogens with one attached hydrogen (secondary N) is 2. The number of hydrogen-bond donors (Lipinski definition) is 3. The molecule has 33 heavy (non-hydrogen) atoms. The number of aromatic amines is 1. The number of aromatic nitrogens is 3. The molecule has 3 N–H and O–H groups in total. The smallest absolute Gasteiger partial charge is 0.261 e. The van der Waals surface area contributed by atoms with Crippen molar-refractivity contribution in [2.24, 2.45) is 0 Å². The fraction of sp³-hybridized carbons (Fsp3) is 0.167. The van der Waals surface area contributed by atoms with Gasteiger partial charge in [0.1, 0.15) is 11.4 Å². The average Bonchev–Trinajstić information content (AvgIpc) is 2.83. The highest BCUT2D eigenvalue weighted by molar-refractivity contribution is 5.99. The van der Waals surface area contributed by atoms with E-state index in [0.717, 1.165) is 16.7 Å². The molecule has 9 heteroatoms. The molecular weight excluding hydrogens is 427 g/mol. The highest BCUT2D eigenvalue weighted by Gasteiger charge is 2.20. The van der Waals surface area contributed by atoms with Crippen LogP contribution in [0.15, 0.2) is 59.7 Å². The summed E-state index contributed by atoms with van der Waals surface area (Å²) < 4.78 is 18.1. The number of amides is 1. The molecule has 0 saturated carbocycles. The maximum absolute atomic E-state index is 13.1. The lowest BCUT2D eigenvalue weighted by atomic mass is 10.0. The number of rotatable bonds is 7. The summed E-state index contributed by atoms with van der Waals surface area (Å²) >= 11 is 0. The first-order chi connectivity index (χ1) is 16.0. The maximum Gasteiger partial charge on any atom is 0.261 e. The van der Waals surface area contributed by atoms with E-state index in [2.05, 4.69) is 20.3 Å². The Balaban J connectivity index is 1.60. The van der Waals surface area contributed by atoms with Gasteiger partial charge in [-0.3, -0.25) is 14.6 Å². The van der Waals surface area contributed by atoms with Gasteiger partial charge in [0.05, 0.1) is 24.8 Å². The molecule has 0 unspecified atom stereocenters. The Morgan fingerprint density at radius 3 is 2.48 bits per heavy atom. The van der Waals surface area contributed by atoms with E-state index in [1.807, 2.05) is 0 Å². The summed E-state index contributed by atoms with van der Waals surface area (Å²) in [6.07, 6.45) is 3.65. The first-order valence-electron chi connectivity index (χ1n) is 10.1. The van der Waals surface area contributed by atoms with Gasteiger partial charge in [0.15, 0.2) is 0 Å². The minimum Gasteiger partial charge on any atom is -0.481 e. The minimum absolute atomic E-state index is 0.141. The minimum atomic E-state index is -0.629. The molecule has 4 rings (SSSR count). The van der Waals surface area contributed by atoms with E-state index in [0.29, 0.717) is 23.3 Å². The van der Waals surface area contributed by atoms with Crippen LogP contribution in [0.3, 0.4) is 0 Å². The number of methoxy groups -OCH3 is 1. The number of nitrogens with zero attached hydrogens (tertiary/aromatic N) is 2. The van der Waals surface area contributed by atoms with Crippen LogP contribution in [0, 0.1) is 5.82 Å². The number of H-pyrrole nitrogens is 1. The molecule has 3 heterocycles. The number of aliphatic hydroxyl groups is 1. The Labute approximate surface area is 188 Å². The third-order valence-electron chi connectivity index (χ3n) is 5.17. The number of pyridine rings is 3. The van der Waals surface area contributed by atoms with Gasteiger partial charge in [-0.05, 0) is 41.3 Å². The third-order valence-corrected chi connectivity index (χ3v) is 5.17. The van der Waals surface area contributed by atoms with Crippen molar-refractivity contribution in [1.82, 2.24) is 20.3 Å². The zero-order valence-electron chi connectivity index (χ0n) is 17.8. The summed E-state index contributed by atoms with van der Waals surface area (Å²) in [6, 6.07) is 11.2. The van der Waals surface area contributed by atoms with Crippen molar-refractivity contribution in [2.75, 3.05) is 7.11 Å². The van der Waals surface area contributed by atoms with Crippen LogP contribution in [0.2, 0.25) is 0 Å². The molecule has 0 fully saturated rings. The Bertz CT molecular complexity index is 1350. The normalized spacial score (nSPS) is 10.9. The summed E-state index contributed by atoms with van der Waals surface area (Å²) in [7, 11) is 1.51. The van der Waals surface area contributed by atoms with Crippen LogP contribution in [0.25, 0.3) is 11.0 Å². The zero-order chi connectivity index (χ0) is 23.4. The van der Waals surface area contributed by atoms with E-state index in [1.54, 1.807) is 42.7 Å². The lowest BCUT2D eigenvalue weighted by molar-refractivity contribution is 0.0946. The summed E-state index contributed by atoms with van der Waals surface area (Å²) in [5, 5.41) is 12.6.